The highest BCUT2D eigenvalue weighted by Crippen LogP contribution is 2.36. The molecule has 0 saturated heterocycles. The van der Waals surface area contributed by atoms with E-state index in [9.17, 15) is 0 Å². The summed E-state index contributed by atoms with van der Waals surface area (Å²) in [6, 6.07) is 52.3. The molecule has 2 aromatic heterocycles. The lowest BCUT2D eigenvalue weighted by atomic mass is 9.94. The summed E-state index contributed by atoms with van der Waals surface area (Å²) in [6.07, 6.45) is 3.53. The van der Waals surface area contributed by atoms with Crippen LogP contribution in [0.3, 0.4) is 0 Å². The molecule has 2 heterocycles. The minimum atomic E-state index is 0.637. The average molecular weight is 614 g/mol. The Morgan fingerprint density at radius 2 is 0.688 bits per heavy atom. The molecule has 224 valence electrons. The summed E-state index contributed by atoms with van der Waals surface area (Å²) in [7, 11) is 0. The monoisotopic (exact) mass is 613 g/mol. The molecule has 5 nitrogen and oxygen atoms in total. The van der Waals surface area contributed by atoms with Crippen molar-refractivity contribution in [2.75, 3.05) is 0 Å². The highest BCUT2D eigenvalue weighted by molar-refractivity contribution is 6.23. The Bertz CT molecular complexity index is 2520. The highest BCUT2D eigenvalue weighted by Gasteiger charge is 2.14. The number of nitrogens with zero attached hydrogens (tertiary/aromatic N) is 5. The molecule has 5 heteroatoms. The van der Waals surface area contributed by atoms with Gasteiger partial charge in [0.15, 0.2) is 17.5 Å². The summed E-state index contributed by atoms with van der Waals surface area (Å²) in [5.41, 5.74) is 9.17. The first kappa shape index (κ1) is 27.7. The normalized spacial score (nSPS) is 11.3. The fourth-order valence-electron chi connectivity index (χ4n) is 6.46. The number of benzene rings is 7. The summed E-state index contributed by atoms with van der Waals surface area (Å²) in [5.74, 6) is 1.93. The SMILES string of the molecule is c1ccc(-c2nc(-c3ccccc3)nc(-c3cccc(-c4cccc(-c5ccc6c(c5)c5ccccc5c5nccnc65)c4)c3)n2)cc1. The zero-order valence-corrected chi connectivity index (χ0v) is 25.8. The van der Waals surface area contributed by atoms with Crippen LogP contribution in [0.15, 0.2) is 164 Å². The van der Waals surface area contributed by atoms with Crippen molar-refractivity contribution < 1.29 is 0 Å². The minimum Gasteiger partial charge on any atom is -0.252 e. The predicted octanol–water partition coefficient (Wildman–Crippen LogP) is 10.5. The van der Waals surface area contributed by atoms with Crippen LogP contribution in [0, 0.1) is 0 Å². The summed E-state index contributed by atoms with van der Waals surface area (Å²) >= 11 is 0. The number of rotatable bonds is 5. The summed E-state index contributed by atoms with van der Waals surface area (Å²) in [5, 5.41) is 4.56. The van der Waals surface area contributed by atoms with Gasteiger partial charge in [-0.2, -0.15) is 0 Å². The van der Waals surface area contributed by atoms with Gasteiger partial charge in [-0.05, 0) is 51.2 Å². The van der Waals surface area contributed by atoms with Crippen LogP contribution in [-0.4, -0.2) is 24.9 Å². The quantitative estimate of drug-likeness (QED) is 0.181. The second kappa shape index (κ2) is 11.6. The van der Waals surface area contributed by atoms with E-state index in [-0.39, 0.29) is 0 Å². The maximum absolute atomic E-state index is 4.94. The van der Waals surface area contributed by atoms with Crippen molar-refractivity contribution in [3.63, 3.8) is 0 Å². The van der Waals surface area contributed by atoms with Gasteiger partial charge in [0.1, 0.15) is 0 Å². The minimum absolute atomic E-state index is 0.637. The Morgan fingerprint density at radius 1 is 0.271 bits per heavy atom. The molecule has 0 spiro atoms. The molecule has 0 fully saturated rings. The van der Waals surface area contributed by atoms with Crippen LogP contribution in [0.4, 0.5) is 0 Å². The second-order valence-corrected chi connectivity index (χ2v) is 11.8. The molecule has 9 aromatic rings. The topological polar surface area (TPSA) is 64.5 Å². The molecule has 7 aromatic carbocycles. The van der Waals surface area contributed by atoms with Gasteiger partial charge < -0.3 is 0 Å². The predicted molar refractivity (Wildman–Crippen MR) is 195 cm³/mol. The first-order valence-corrected chi connectivity index (χ1v) is 15.9. The number of hydrogen-bond donors (Lipinski definition) is 0. The third kappa shape index (κ3) is 4.95. The van der Waals surface area contributed by atoms with Crippen LogP contribution < -0.4 is 0 Å². The molecular formula is C43H27N5. The van der Waals surface area contributed by atoms with Crippen LogP contribution in [0.2, 0.25) is 0 Å². The molecule has 0 unspecified atom stereocenters. The van der Waals surface area contributed by atoms with Crippen LogP contribution >= 0.6 is 0 Å². The van der Waals surface area contributed by atoms with E-state index in [4.69, 9.17) is 19.9 Å². The Balaban J connectivity index is 1.14. The molecule has 0 aliphatic heterocycles. The van der Waals surface area contributed by atoms with Crippen LogP contribution in [-0.2, 0) is 0 Å². The van der Waals surface area contributed by atoms with Gasteiger partial charge >= 0.3 is 0 Å². The van der Waals surface area contributed by atoms with Gasteiger partial charge in [-0.15, -0.1) is 0 Å². The van der Waals surface area contributed by atoms with Gasteiger partial charge in [0.05, 0.1) is 11.0 Å². The van der Waals surface area contributed by atoms with Gasteiger partial charge in [-0.25, -0.2) is 15.0 Å². The Hall–Kier alpha value is -6.59. The second-order valence-electron chi connectivity index (χ2n) is 11.8. The lowest BCUT2D eigenvalue weighted by Gasteiger charge is -2.12. The Kier molecular flexibility index (Phi) is 6.72. The summed E-state index contributed by atoms with van der Waals surface area (Å²) in [4.78, 5) is 24.1. The van der Waals surface area contributed by atoms with Crippen LogP contribution in [0.1, 0.15) is 0 Å². The Labute approximate surface area is 277 Å². The lowest BCUT2D eigenvalue weighted by molar-refractivity contribution is 1.07. The van der Waals surface area contributed by atoms with Crippen molar-refractivity contribution in [2.24, 2.45) is 0 Å². The van der Waals surface area contributed by atoms with Gasteiger partial charge in [0.25, 0.3) is 0 Å². The molecule has 0 aliphatic rings. The molecule has 0 saturated carbocycles. The van der Waals surface area contributed by atoms with Gasteiger partial charge in [-0.1, -0.05) is 133 Å². The molecule has 0 amide bonds. The van der Waals surface area contributed by atoms with E-state index in [0.717, 1.165) is 60.8 Å². The average Bonchev–Trinajstić information content (AvgIpc) is 3.18. The third-order valence-electron chi connectivity index (χ3n) is 8.79. The molecule has 48 heavy (non-hydrogen) atoms. The van der Waals surface area contributed by atoms with E-state index in [1.807, 2.05) is 60.7 Å². The van der Waals surface area contributed by atoms with E-state index in [1.54, 1.807) is 12.4 Å². The van der Waals surface area contributed by atoms with E-state index in [1.165, 1.54) is 10.8 Å². The van der Waals surface area contributed by atoms with Crippen molar-refractivity contribution in [2.45, 2.75) is 0 Å². The lowest BCUT2D eigenvalue weighted by Crippen LogP contribution is -2.00. The zero-order valence-electron chi connectivity index (χ0n) is 25.8. The van der Waals surface area contributed by atoms with E-state index in [0.29, 0.717) is 17.5 Å². The smallest absolute Gasteiger partial charge is 0.164 e. The van der Waals surface area contributed by atoms with Crippen molar-refractivity contribution in [1.29, 1.82) is 0 Å². The Morgan fingerprint density at radius 3 is 1.27 bits per heavy atom. The summed E-state index contributed by atoms with van der Waals surface area (Å²) < 4.78 is 0. The molecule has 9 rings (SSSR count). The van der Waals surface area contributed by atoms with Crippen molar-refractivity contribution in [3.05, 3.63) is 164 Å². The molecule has 0 N–H and O–H groups in total. The number of aromatic nitrogens is 5. The zero-order chi connectivity index (χ0) is 31.9. The third-order valence-corrected chi connectivity index (χ3v) is 8.79. The van der Waals surface area contributed by atoms with Crippen molar-refractivity contribution in [3.8, 4) is 56.4 Å². The fourth-order valence-corrected chi connectivity index (χ4v) is 6.46. The van der Waals surface area contributed by atoms with Gasteiger partial charge in [0, 0.05) is 39.9 Å². The maximum Gasteiger partial charge on any atom is 0.164 e. The molecule has 0 bridgehead atoms. The van der Waals surface area contributed by atoms with Gasteiger partial charge in [-0.3, -0.25) is 9.97 Å². The first-order valence-electron chi connectivity index (χ1n) is 15.9. The largest absolute Gasteiger partial charge is 0.252 e. The number of fused-ring (bicyclic) bond motifs is 6. The van der Waals surface area contributed by atoms with Gasteiger partial charge in [0.2, 0.25) is 0 Å². The summed E-state index contributed by atoms with van der Waals surface area (Å²) in [6.45, 7) is 0. The van der Waals surface area contributed by atoms with Crippen molar-refractivity contribution in [1.82, 2.24) is 24.9 Å². The van der Waals surface area contributed by atoms with Crippen LogP contribution in [0.5, 0.6) is 0 Å². The molecule has 0 atom stereocenters. The highest BCUT2D eigenvalue weighted by atomic mass is 15.0. The maximum atomic E-state index is 4.94. The molecule has 0 radical (unpaired) electrons. The molecule has 0 aliphatic carbocycles. The molecular weight excluding hydrogens is 587 g/mol. The van der Waals surface area contributed by atoms with E-state index >= 15 is 0 Å². The first-order chi connectivity index (χ1) is 23.8. The standard InChI is InChI=1S/C43H27N5/c1-3-11-28(12-4-1)41-46-42(29-13-5-2-6-14-29)48-43(47-41)34-18-10-17-32(26-34)30-15-9-16-31(25-30)33-21-22-37-38(27-33)35-19-7-8-20-36(35)39-40(37)45-24-23-44-39/h1-27H. The van der Waals surface area contributed by atoms with Crippen LogP contribution in [0.25, 0.3) is 89.0 Å². The van der Waals surface area contributed by atoms with Crippen molar-refractivity contribution >= 4 is 32.6 Å². The fraction of sp³-hybridized carbons (Fsp3) is 0. The number of hydrogen-bond acceptors (Lipinski definition) is 5. The van der Waals surface area contributed by atoms with E-state index < -0.39 is 0 Å². The van der Waals surface area contributed by atoms with E-state index in [2.05, 4.69) is 96.0 Å².